The molecular formula is C17H28N2O. The van der Waals surface area contributed by atoms with Gasteiger partial charge in [0, 0.05) is 12.0 Å². The molecule has 1 unspecified atom stereocenters. The quantitative estimate of drug-likeness (QED) is 0.838. The Bertz CT molecular complexity index is 429. The molecule has 1 amide bonds. The van der Waals surface area contributed by atoms with Crippen molar-refractivity contribution in [3.63, 3.8) is 0 Å². The van der Waals surface area contributed by atoms with E-state index >= 15 is 0 Å². The van der Waals surface area contributed by atoms with Crippen molar-refractivity contribution in [2.45, 2.75) is 59.0 Å². The molecule has 3 N–H and O–H groups in total. The van der Waals surface area contributed by atoms with Crippen LogP contribution in [0.5, 0.6) is 0 Å². The minimum Gasteiger partial charge on any atom is -0.349 e. The number of hydrogen-bond acceptors (Lipinski definition) is 2. The average molecular weight is 276 g/mol. The van der Waals surface area contributed by atoms with E-state index in [2.05, 4.69) is 50.4 Å². The van der Waals surface area contributed by atoms with Gasteiger partial charge >= 0.3 is 0 Å². The molecule has 3 nitrogen and oxygen atoms in total. The molecule has 0 saturated carbocycles. The molecule has 1 aromatic carbocycles. The number of nitrogens with one attached hydrogen (secondary N) is 1. The number of carbonyl (C=O) groups is 1. The van der Waals surface area contributed by atoms with Crippen LogP contribution in [0.4, 0.5) is 0 Å². The first-order chi connectivity index (χ1) is 9.23. The lowest BCUT2D eigenvalue weighted by molar-refractivity contribution is -0.123. The van der Waals surface area contributed by atoms with Crippen LogP contribution >= 0.6 is 0 Å². The van der Waals surface area contributed by atoms with Crippen LogP contribution in [0.25, 0.3) is 0 Å². The monoisotopic (exact) mass is 276 g/mol. The summed E-state index contributed by atoms with van der Waals surface area (Å²) in [5, 5.41) is 3.11. The number of rotatable bonds is 6. The fourth-order valence-electron chi connectivity index (χ4n) is 2.23. The second kappa shape index (κ2) is 6.89. The number of amides is 1. The molecule has 3 heteroatoms. The molecule has 20 heavy (non-hydrogen) atoms. The normalized spacial score (nSPS) is 13.3. The molecule has 1 aromatic rings. The third-order valence-electron chi connectivity index (χ3n) is 3.35. The molecule has 1 atom stereocenters. The van der Waals surface area contributed by atoms with Gasteiger partial charge in [0.05, 0.1) is 6.04 Å². The Balaban J connectivity index is 2.81. The first-order valence-corrected chi connectivity index (χ1v) is 7.40. The van der Waals surface area contributed by atoms with Gasteiger partial charge in [-0.25, -0.2) is 0 Å². The van der Waals surface area contributed by atoms with Crippen molar-refractivity contribution in [3.05, 3.63) is 35.4 Å². The van der Waals surface area contributed by atoms with E-state index in [0.29, 0.717) is 12.3 Å². The van der Waals surface area contributed by atoms with Crippen LogP contribution in [0.3, 0.4) is 0 Å². The molecule has 0 aliphatic rings. The van der Waals surface area contributed by atoms with Gasteiger partial charge in [0.15, 0.2) is 0 Å². The highest BCUT2D eigenvalue weighted by Crippen LogP contribution is 2.22. The molecule has 1 rings (SSSR count). The largest absolute Gasteiger partial charge is 0.349 e. The molecular weight excluding hydrogens is 248 g/mol. The zero-order chi connectivity index (χ0) is 15.3. The van der Waals surface area contributed by atoms with Crippen LogP contribution in [0, 0.1) is 5.92 Å². The molecule has 0 radical (unpaired) electrons. The Morgan fingerprint density at radius 2 is 1.80 bits per heavy atom. The Morgan fingerprint density at radius 1 is 1.25 bits per heavy atom. The number of hydrogen-bond donors (Lipinski definition) is 2. The summed E-state index contributed by atoms with van der Waals surface area (Å²) >= 11 is 0. The van der Waals surface area contributed by atoms with Crippen molar-refractivity contribution in [1.82, 2.24) is 5.32 Å². The topological polar surface area (TPSA) is 55.1 Å². The number of nitrogens with two attached hydrogens (primary N) is 1. The van der Waals surface area contributed by atoms with Gasteiger partial charge in [-0.1, -0.05) is 45.0 Å². The summed E-state index contributed by atoms with van der Waals surface area (Å²) < 4.78 is 0. The zero-order valence-corrected chi connectivity index (χ0v) is 13.4. The van der Waals surface area contributed by atoms with Crippen LogP contribution in [0.2, 0.25) is 0 Å². The van der Waals surface area contributed by atoms with E-state index in [-0.39, 0.29) is 11.9 Å². The maximum absolute atomic E-state index is 12.1. The SMILES string of the molecule is CCc1ccc(C(NC(=O)CC(C)(C)N)C(C)C)cc1. The summed E-state index contributed by atoms with van der Waals surface area (Å²) in [6, 6.07) is 8.51. The lowest BCUT2D eigenvalue weighted by Crippen LogP contribution is -2.41. The minimum absolute atomic E-state index is 0.00997. The molecule has 0 fully saturated rings. The molecule has 0 aliphatic carbocycles. The molecule has 0 bridgehead atoms. The van der Waals surface area contributed by atoms with E-state index in [0.717, 1.165) is 12.0 Å². The molecule has 0 spiro atoms. The van der Waals surface area contributed by atoms with Crippen LogP contribution in [0.1, 0.15) is 58.2 Å². The molecule has 0 aromatic heterocycles. The summed E-state index contributed by atoms with van der Waals surface area (Å²) in [4.78, 5) is 12.1. The predicted molar refractivity (Wildman–Crippen MR) is 84.4 cm³/mol. The summed E-state index contributed by atoms with van der Waals surface area (Å²) in [5.74, 6) is 0.350. The lowest BCUT2D eigenvalue weighted by atomic mass is 9.94. The Labute approximate surface area is 122 Å². The average Bonchev–Trinajstić information content (AvgIpc) is 2.34. The van der Waals surface area contributed by atoms with Gasteiger partial charge in [-0.05, 0) is 37.3 Å². The Hall–Kier alpha value is -1.35. The number of carbonyl (C=O) groups excluding carboxylic acids is 1. The Morgan fingerprint density at radius 3 is 2.20 bits per heavy atom. The summed E-state index contributed by atoms with van der Waals surface area (Å²) in [7, 11) is 0. The number of benzene rings is 1. The highest BCUT2D eigenvalue weighted by Gasteiger charge is 2.22. The van der Waals surface area contributed by atoms with E-state index in [1.54, 1.807) is 0 Å². The highest BCUT2D eigenvalue weighted by atomic mass is 16.1. The maximum atomic E-state index is 12.1. The molecule has 112 valence electrons. The summed E-state index contributed by atoms with van der Waals surface area (Å²) in [6.07, 6.45) is 1.36. The van der Waals surface area contributed by atoms with Crippen molar-refractivity contribution in [1.29, 1.82) is 0 Å². The van der Waals surface area contributed by atoms with Crippen LogP contribution in [-0.2, 0) is 11.2 Å². The van der Waals surface area contributed by atoms with E-state index in [4.69, 9.17) is 5.73 Å². The lowest BCUT2D eigenvalue weighted by Gasteiger charge is -2.25. The third-order valence-corrected chi connectivity index (χ3v) is 3.35. The van der Waals surface area contributed by atoms with Crippen molar-refractivity contribution in [2.75, 3.05) is 0 Å². The third kappa shape index (κ3) is 5.33. The van der Waals surface area contributed by atoms with Crippen LogP contribution in [0.15, 0.2) is 24.3 Å². The van der Waals surface area contributed by atoms with Gasteiger partial charge in [-0.2, -0.15) is 0 Å². The van der Waals surface area contributed by atoms with Gasteiger partial charge in [0.2, 0.25) is 5.91 Å². The van der Waals surface area contributed by atoms with Gasteiger partial charge in [0.25, 0.3) is 0 Å². The summed E-state index contributed by atoms with van der Waals surface area (Å²) in [5.41, 5.74) is 7.89. The maximum Gasteiger partial charge on any atom is 0.222 e. The van der Waals surface area contributed by atoms with Crippen molar-refractivity contribution < 1.29 is 4.79 Å². The van der Waals surface area contributed by atoms with E-state index < -0.39 is 5.54 Å². The molecule has 0 aliphatic heterocycles. The highest BCUT2D eigenvalue weighted by molar-refractivity contribution is 5.77. The van der Waals surface area contributed by atoms with Crippen molar-refractivity contribution >= 4 is 5.91 Å². The minimum atomic E-state index is -0.475. The van der Waals surface area contributed by atoms with Crippen molar-refractivity contribution in [3.8, 4) is 0 Å². The predicted octanol–water partition coefficient (Wildman–Crippen LogP) is 3.19. The first kappa shape index (κ1) is 16.7. The Kier molecular flexibility index (Phi) is 5.75. The van der Waals surface area contributed by atoms with Gasteiger partial charge < -0.3 is 11.1 Å². The van der Waals surface area contributed by atoms with Gasteiger partial charge in [-0.3, -0.25) is 4.79 Å². The standard InChI is InChI=1S/C17H28N2O/c1-6-13-7-9-14(10-8-13)16(12(2)3)19-15(20)11-17(4,5)18/h7-10,12,16H,6,11,18H2,1-5H3,(H,19,20). The zero-order valence-electron chi connectivity index (χ0n) is 13.4. The fourth-order valence-corrected chi connectivity index (χ4v) is 2.23. The van der Waals surface area contributed by atoms with E-state index in [9.17, 15) is 4.79 Å². The fraction of sp³-hybridized carbons (Fsp3) is 0.588. The summed E-state index contributed by atoms with van der Waals surface area (Å²) in [6.45, 7) is 10.1. The second-order valence-electron chi connectivity index (χ2n) is 6.55. The van der Waals surface area contributed by atoms with Crippen LogP contribution < -0.4 is 11.1 Å². The van der Waals surface area contributed by atoms with Crippen molar-refractivity contribution in [2.24, 2.45) is 11.7 Å². The first-order valence-electron chi connectivity index (χ1n) is 7.40. The number of aryl methyl sites for hydroxylation is 1. The molecule has 0 saturated heterocycles. The smallest absolute Gasteiger partial charge is 0.222 e. The van der Waals surface area contributed by atoms with E-state index in [1.807, 2.05) is 13.8 Å². The second-order valence-corrected chi connectivity index (χ2v) is 6.55. The van der Waals surface area contributed by atoms with Gasteiger partial charge in [0.1, 0.15) is 0 Å². The molecule has 0 heterocycles. The van der Waals surface area contributed by atoms with Gasteiger partial charge in [-0.15, -0.1) is 0 Å². The van der Waals surface area contributed by atoms with E-state index in [1.165, 1.54) is 5.56 Å². The van der Waals surface area contributed by atoms with Crippen LogP contribution in [-0.4, -0.2) is 11.4 Å².